The zero-order valence-electron chi connectivity index (χ0n) is 23.1. The number of aromatic nitrogens is 3. The second-order valence-electron chi connectivity index (χ2n) is 10.3. The number of amides is 1. The quantitative estimate of drug-likeness (QED) is 0.234. The van der Waals surface area contributed by atoms with Crippen molar-refractivity contribution in [3.8, 4) is 17.2 Å². The molecule has 1 aliphatic heterocycles. The number of fused-ring (bicyclic) bond motifs is 1. The molecule has 4 heterocycles. The summed E-state index contributed by atoms with van der Waals surface area (Å²) in [5.74, 6) is -2.02. The van der Waals surface area contributed by atoms with Crippen molar-refractivity contribution in [3.05, 3.63) is 112 Å². The number of rotatable bonds is 6. The van der Waals surface area contributed by atoms with Crippen LogP contribution >= 0.6 is 11.3 Å². The first-order valence-electron chi connectivity index (χ1n) is 13.9. The van der Waals surface area contributed by atoms with Crippen LogP contribution in [0.15, 0.2) is 83.9 Å². The van der Waals surface area contributed by atoms with E-state index in [2.05, 4.69) is 21.5 Å². The second-order valence-corrected chi connectivity index (χ2v) is 11.4. The number of carbonyl (C=O) groups excluding carboxylic acids is 1. The lowest BCUT2D eigenvalue weighted by atomic mass is 9.93. The van der Waals surface area contributed by atoms with Gasteiger partial charge >= 0.3 is 0 Å². The maximum atomic E-state index is 15.2. The summed E-state index contributed by atoms with van der Waals surface area (Å²) in [6.45, 7) is 1.23. The highest BCUT2D eigenvalue weighted by Crippen LogP contribution is 2.43. The van der Waals surface area contributed by atoms with E-state index in [0.29, 0.717) is 31.1 Å². The lowest BCUT2D eigenvalue weighted by Gasteiger charge is -2.30. The Bertz CT molecular complexity index is 1980. The third-order valence-electron chi connectivity index (χ3n) is 7.51. The molecule has 1 fully saturated rings. The average molecular weight is 615 g/mol. The van der Waals surface area contributed by atoms with Crippen molar-refractivity contribution in [3.63, 3.8) is 0 Å². The molecule has 1 amide bonds. The predicted octanol–water partition coefficient (Wildman–Crippen LogP) is 6.48. The molecule has 5 aromatic rings. The first kappa shape index (κ1) is 28.0. The molecule has 0 atom stereocenters. The standard InChI is InChI=1S/C32H24F2N4O5S/c33-20-1-4-22(5-2-20)38-31(40)23(9-14-36-38)30(39)37-21-3-6-26(24(34)17-21)43-27-10-13-35-25-18-28(44-29(25)27)19-7-11-32(12-8-19)41-15-16-42-32/h1-7,9-10,13-14,17-18H,8,11-12,15-16H2,(H,37,39). The minimum Gasteiger partial charge on any atom is -0.453 e. The predicted molar refractivity (Wildman–Crippen MR) is 160 cm³/mol. The van der Waals surface area contributed by atoms with Crippen molar-refractivity contribution in [1.82, 2.24) is 14.8 Å². The van der Waals surface area contributed by atoms with Gasteiger partial charge in [-0.2, -0.15) is 9.78 Å². The van der Waals surface area contributed by atoms with E-state index in [1.807, 2.05) is 6.07 Å². The number of hydrogen-bond donors (Lipinski definition) is 1. The van der Waals surface area contributed by atoms with E-state index in [1.165, 1.54) is 65.6 Å². The number of nitrogens with zero attached hydrogens (tertiary/aromatic N) is 3. The molecule has 1 saturated heterocycles. The summed E-state index contributed by atoms with van der Waals surface area (Å²) in [5, 5.41) is 6.51. The first-order valence-corrected chi connectivity index (χ1v) is 14.7. The van der Waals surface area contributed by atoms with Crippen LogP contribution < -0.4 is 15.6 Å². The van der Waals surface area contributed by atoms with Gasteiger partial charge in [-0.1, -0.05) is 6.08 Å². The highest BCUT2D eigenvalue weighted by atomic mass is 32.1. The Hall–Kier alpha value is -4.78. The Kier molecular flexibility index (Phi) is 7.24. The minimum absolute atomic E-state index is 0.0395. The fourth-order valence-electron chi connectivity index (χ4n) is 5.27. The molecule has 0 bridgehead atoms. The topological polar surface area (TPSA) is 105 Å². The van der Waals surface area contributed by atoms with Crippen LogP contribution in [0.1, 0.15) is 34.5 Å². The molecule has 0 saturated carbocycles. The van der Waals surface area contributed by atoms with Gasteiger partial charge in [0.2, 0.25) is 0 Å². The third kappa shape index (κ3) is 5.39. The first-order chi connectivity index (χ1) is 21.4. The van der Waals surface area contributed by atoms with E-state index in [-0.39, 0.29) is 17.0 Å². The molecule has 2 aliphatic rings. The molecule has 12 heteroatoms. The van der Waals surface area contributed by atoms with Gasteiger partial charge < -0.3 is 19.5 Å². The van der Waals surface area contributed by atoms with Crippen LogP contribution in [0.2, 0.25) is 0 Å². The van der Waals surface area contributed by atoms with Crippen LogP contribution in [0.5, 0.6) is 11.5 Å². The van der Waals surface area contributed by atoms with Crippen molar-refractivity contribution in [2.45, 2.75) is 25.0 Å². The number of ether oxygens (including phenoxy) is 3. The van der Waals surface area contributed by atoms with E-state index in [9.17, 15) is 14.0 Å². The van der Waals surface area contributed by atoms with E-state index in [4.69, 9.17) is 14.2 Å². The van der Waals surface area contributed by atoms with Gasteiger partial charge in [0, 0.05) is 47.9 Å². The monoisotopic (exact) mass is 614 g/mol. The number of pyridine rings is 1. The molecular weight excluding hydrogens is 590 g/mol. The van der Waals surface area contributed by atoms with E-state index < -0.39 is 28.9 Å². The van der Waals surface area contributed by atoms with Gasteiger partial charge in [-0.05, 0) is 60.5 Å². The highest BCUT2D eigenvalue weighted by molar-refractivity contribution is 7.20. The number of halogens is 2. The summed E-state index contributed by atoms with van der Waals surface area (Å²) in [6, 6.07) is 14.0. The number of benzene rings is 2. The molecule has 3 aromatic heterocycles. The van der Waals surface area contributed by atoms with Gasteiger partial charge in [0.25, 0.3) is 11.5 Å². The van der Waals surface area contributed by atoms with Crippen molar-refractivity contribution in [2.75, 3.05) is 18.5 Å². The summed E-state index contributed by atoms with van der Waals surface area (Å²) < 4.78 is 47.9. The number of carbonyl (C=O) groups is 1. The molecular formula is C32H24F2N4O5S. The van der Waals surface area contributed by atoms with Crippen molar-refractivity contribution in [1.29, 1.82) is 0 Å². The molecule has 44 heavy (non-hydrogen) atoms. The van der Waals surface area contributed by atoms with Crippen LogP contribution in [-0.4, -0.2) is 39.7 Å². The van der Waals surface area contributed by atoms with Crippen molar-refractivity contribution >= 4 is 38.7 Å². The Morgan fingerprint density at radius 2 is 1.82 bits per heavy atom. The molecule has 9 nitrogen and oxygen atoms in total. The van der Waals surface area contributed by atoms with Gasteiger partial charge in [0.1, 0.15) is 17.1 Å². The van der Waals surface area contributed by atoms with Gasteiger partial charge in [0.05, 0.1) is 29.1 Å². The smallest absolute Gasteiger partial charge is 0.284 e. The zero-order valence-corrected chi connectivity index (χ0v) is 23.9. The fourth-order valence-corrected chi connectivity index (χ4v) is 6.41. The lowest BCUT2D eigenvalue weighted by molar-refractivity contribution is -0.159. The summed E-state index contributed by atoms with van der Waals surface area (Å²) in [6.07, 6.45) is 7.32. The molecule has 1 N–H and O–H groups in total. The highest BCUT2D eigenvalue weighted by Gasteiger charge is 2.38. The Labute approximate surface area is 253 Å². The number of thiophene rings is 1. The Balaban J connectivity index is 1.08. The summed E-state index contributed by atoms with van der Waals surface area (Å²) in [4.78, 5) is 31.4. The van der Waals surface area contributed by atoms with Crippen molar-refractivity contribution < 1.29 is 27.8 Å². The molecule has 7 rings (SSSR count). The number of anilines is 1. The largest absolute Gasteiger partial charge is 0.453 e. The van der Waals surface area contributed by atoms with Crippen molar-refractivity contribution in [2.24, 2.45) is 0 Å². The maximum Gasteiger partial charge on any atom is 0.284 e. The Morgan fingerprint density at radius 1 is 1.00 bits per heavy atom. The molecule has 0 unspecified atom stereocenters. The van der Waals surface area contributed by atoms with Crippen LogP contribution in [0.4, 0.5) is 14.5 Å². The van der Waals surface area contributed by atoms with Crippen LogP contribution in [0.3, 0.4) is 0 Å². The minimum atomic E-state index is -0.753. The molecule has 2 aromatic carbocycles. The van der Waals surface area contributed by atoms with E-state index in [1.54, 1.807) is 12.3 Å². The van der Waals surface area contributed by atoms with Gasteiger partial charge in [-0.3, -0.25) is 14.6 Å². The zero-order chi connectivity index (χ0) is 30.3. The average Bonchev–Trinajstić information content (AvgIpc) is 3.67. The van der Waals surface area contributed by atoms with E-state index >= 15 is 4.39 Å². The van der Waals surface area contributed by atoms with Gasteiger partial charge in [-0.25, -0.2) is 8.78 Å². The second kappa shape index (κ2) is 11.4. The number of hydrogen-bond acceptors (Lipinski definition) is 8. The molecule has 1 aliphatic carbocycles. The van der Waals surface area contributed by atoms with Crippen LogP contribution in [0, 0.1) is 11.6 Å². The summed E-state index contributed by atoms with van der Waals surface area (Å²) >= 11 is 1.53. The Morgan fingerprint density at radius 3 is 2.57 bits per heavy atom. The third-order valence-corrected chi connectivity index (χ3v) is 8.73. The SMILES string of the molecule is O=C(Nc1ccc(Oc2ccnc3cc(C4=CCC5(CC4)OCCO5)sc23)c(F)c1)c1ccnn(-c2ccc(F)cc2)c1=O. The van der Waals surface area contributed by atoms with Crippen LogP contribution in [-0.2, 0) is 9.47 Å². The molecule has 0 radical (unpaired) electrons. The normalized spacial score (nSPS) is 15.8. The molecule has 222 valence electrons. The molecule has 1 spiro atoms. The summed E-state index contributed by atoms with van der Waals surface area (Å²) in [5.41, 5.74) is 1.42. The number of nitrogens with one attached hydrogen (secondary N) is 1. The van der Waals surface area contributed by atoms with E-state index in [0.717, 1.165) is 38.7 Å². The van der Waals surface area contributed by atoms with Gasteiger partial charge in [-0.15, -0.1) is 11.3 Å². The van der Waals surface area contributed by atoms with Gasteiger partial charge in [0.15, 0.2) is 17.4 Å². The number of allylic oxidation sites excluding steroid dienone is 1. The maximum absolute atomic E-state index is 15.2. The summed E-state index contributed by atoms with van der Waals surface area (Å²) in [7, 11) is 0. The lowest BCUT2D eigenvalue weighted by Crippen LogP contribution is -2.31. The van der Waals surface area contributed by atoms with Crippen LogP contribution in [0.25, 0.3) is 21.5 Å². The fraction of sp³-hybridized carbons (Fsp3) is 0.188.